The van der Waals surface area contributed by atoms with Crippen LogP contribution in [0.25, 0.3) is 0 Å². The molecule has 0 radical (unpaired) electrons. The van der Waals surface area contributed by atoms with Gasteiger partial charge in [0.2, 0.25) is 0 Å². The number of hydrogen-bond acceptors (Lipinski definition) is 2. The topological polar surface area (TPSA) is 35.2 Å². The SMILES string of the molecule is COC1CCC(C)=CC=C1N. The summed E-state index contributed by atoms with van der Waals surface area (Å²) in [6.45, 7) is 2.11. The normalized spacial score (nSPS) is 25.5. The summed E-state index contributed by atoms with van der Waals surface area (Å²) in [5.74, 6) is 0. The molecule has 11 heavy (non-hydrogen) atoms. The van der Waals surface area contributed by atoms with E-state index in [1.807, 2.05) is 6.08 Å². The first kappa shape index (κ1) is 8.34. The molecule has 0 saturated carbocycles. The lowest BCUT2D eigenvalue weighted by Crippen LogP contribution is -2.18. The average molecular weight is 153 g/mol. The first-order valence-corrected chi connectivity index (χ1v) is 3.89. The maximum atomic E-state index is 5.74. The molecule has 2 nitrogen and oxygen atoms in total. The van der Waals surface area contributed by atoms with Gasteiger partial charge in [0, 0.05) is 12.8 Å². The van der Waals surface area contributed by atoms with Gasteiger partial charge >= 0.3 is 0 Å². The average Bonchev–Trinajstić information content (AvgIpc) is 2.15. The first-order chi connectivity index (χ1) is 5.24. The number of rotatable bonds is 1. The van der Waals surface area contributed by atoms with Crippen LogP contribution >= 0.6 is 0 Å². The van der Waals surface area contributed by atoms with Crippen LogP contribution in [0.15, 0.2) is 23.4 Å². The molecule has 0 aliphatic heterocycles. The molecule has 1 aliphatic carbocycles. The van der Waals surface area contributed by atoms with E-state index in [1.54, 1.807) is 7.11 Å². The Hall–Kier alpha value is -0.760. The van der Waals surface area contributed by atoms with Gasteiger partial charge in [0.25, 0.3) is 0 Å². The Bertz CT molecular complexity index is 194. The van der Waals surface area contributed by atoms with Crippen LogP contribution in [0.4, 0.5) is 0 Å². The molecule has 1 rings (SSSR count). The van der Waals surface area contributed by atoms with Crippen molar-refractivity contribution >= 4 is 0 Å². The predicted molar refractivity (Wildman–Crippen MR) is 46.1 cm³/mol. The number of nitrogens with two attached hydrogens (primary N) is 1. The van der Waals surface area contributed by atoms with Gasteiger partial charge in [0.1, 0.15) is 0 Å². The molecule has 0 amide bonds. The maximum absolute atomic E-state index is 5.74. The zero-order chi connectivity index (χ0) is 8.27. The lowest BCUT2D eigenvalue weighted by atomic mass is 10.1. The first-order valence-electron chi connectivity index (χ1n) is 3.89. The van der Waals surface area contributed by atoms with E-state index in [-0.39, 0.29) is 6.10 Å². The molecule has 1 atom stereocenters. The summed E-state index contributed by atoms with van der Waals surface area (Å²) in [5, 5.41) is 0. The zero-order valence-corrected chi connectivity index (χ0v) is 7.13. The van der Waals surface area contributed by atoms with Crippen molar-refractivity contribution in [3.63, 3.8) is 0 Å². The van der Waals surface area contributed by atoms with Gasteiger partial charge in [-0.1, -0.05) is 11.6 Å². The Morgan fingerprint density at radius 1 is 1.55 bits per heavy atom. The Balaban J connectivity index is 2.67. The Kier molecular flexibility index (Phi) is 2.71. The van der Waals surface area contributed by atoms with Gasteiger partial charge in [-0.25, -0.2) is 0 Å². The third kappa shape index (κ3) is 2.09. The highest BCUT2D eigenvalue weighted by atomic mass is 16.5. The molecule has 1 aliphatic rings. The second-order valence-corrected chi connectivity index (χ2v) is 2.94. The third-order valence-corrected chi connectivity index (χ3v) is 2.02. The number of allylic oxidation sites excluding steroid dienone is 3. The van der Waals surface area contributed by atoms with Gasteiger partial charge in [0.15, 0.2) is 0 Å². The molecule has 0 aromatic heterocycles. The molecule has 2 N–H and O–H groups in total. The van der Waals surface area contributed by atoms with Crippen molar-refractivity contribution in [3.8, 4) is 0 Å². The molecule has 0 bridgehead atoms. The van der Waals surface area contributed by atoms with Crippen LogP contribution in [0.2, 0.25) is 0 Å². The largest absolute Gasteiger partial charge is 0.400 e. The van der Waals surface area contributed by atoms with Gasteiger partial charge in [-0.2, -0.15) is 0 Å². The minimum absolute atomic E-state index is 0.115. The van der Waals surface area contributed by atoms with Gasteiger partial charge in [0.05, 0.1) is 6.10 Å². The molecule has 0 aromatic carbocycles. The second kappa shape index (κ2) is 3.58. The maximum Gasteiger partial charge on any atom is 0.0966 e. The molecule has 0 spiro atoms. The summed E-state index contributed by atoms with van der Waals surface area (Å²) in [6.07, 6.45) is 6.20. The third-order valence-electron chi connectivity index (χ3n) is 2.02. The Morgan fingerprint density at radius 3 is 2.91 bits per heavy atom. The van der Waals surface area contributed by atoms with E-state index in [0.717, 1.165) is 18.5 Å². The van der Waals surface area contributed by atoms with E-state index in [9.17, 15) is 0 Å². The van der Waals surface area contributed by atoms with Crippen LogP contribution in [0, 0.1) is 0 Å². The zero-order valence-electron chi connectivity index (χ0n) is 7.13. The van der Waals surface area contributed by atoms with Crippen molar-refractivity contribution < 1.29 is 4.74 Å². The van der Waals surface area contributed by atoms with Crippen LogP contribution in [0.1, 0.15) is 19.8 Å². The molecule has 2 heteroatoms. The number of hydrogen-bond donors (Lipinski definition) is 1. The van der Waals surface area contributed by atoms with E-state index in [0.29, 0.717) is 0 Å². The van der Waals surface area contributed by atoms with E-state index in [2.05, 4.69) is 13.0 Å². The lowest BCUT2D eigenvalue weighted by molar-refractivity contribution is 0.124. The van der Waals surface area contributed by atoms with Crippen LogP contribution in [0.5, 0.6) is 0 Å². The highest BCUT2D eigenvalue weighted by Crippen LogP contribution is 2.16. The van der Waals surface area contributed by atoms with Crippen LogP contribution in [0.3, 0.4) is 0 Å². The van der Waals surface area contributed by atoms with E-state index in [1.165, 1.54) is 5.57 Å². The predicted octanol–water partition coefficient (Wildman–Crippen LogP) is 1.58. The molecule has 0 fully saturated rings. The van der Waals surface area contributed by atoms with Crippen molar-refractivity contribution in [1.82, 2.24) is 0 Å². The monoisotopic (exact) mass is 153 g/mol. The summed E-state index contributed by atoms with van der Waals surface area (Å²) >= 11 is 0. The minimum Gasteiger partial charge on any atom is -0.400 e. The van der Waals surface area contributed by atoms with Gasteiger partial charge in [-0.05, 0) is 25.8 Å². The van der Waals surface area contributed by atoms with Crippen LogP contribution in [-0.4, -0.2) is 13.2 Å². The fraction of sp³-hybridized carbons (Fsp3) is 0.556. The van der Waals surface area contributed by atoms with Crippen LogP contribution < -0.4 is 5.73 Å². The fourth-order valence-electron chi connectivity index (χ4n) is 1.21. The molecular weight excluding hydrogens is 138 g/mol. The quantitative estimate of drug-likeness (QED) is 0.620. The van der Waals surface area contributed by atoms with Gasteiger partial charge in [-0.15, -0.1) is 0 Å². The van der Waals surface area contributed by atoms with E-state index in [4.69, 9.17) is 10.5 Å². The van der Waals surface area contributed by atoms with Crippen molar-refractivity contribution in [2.24, 2.45) is 5.73 Å². The molecule has 62 valence electrons. The van der Waals surface area contributed by atoms with Crippen LogP contribution in [-0.2, 0) is 4.74 Å². The Labute approximate surface area is 67.7 Å². The minimum atomic E-state index is 0.115. The molecule has 0 aromatic rings. The summed E-state index contributed by atoms with van der Waals surface area (Å²) in [4.78, 5) is 0. The number of methoxy groups -OCH3 is 1. The molecule has 0 saturated heterocycles. The smallest absolute Gasteiger partial charge is 0.0966 e. The molecular formula is C9H15NO. The molecule has 1 unspecified atom stereocenters. The second-order valence-electron chi connectivity index (χ2n) is 2.94. The highest BCUT2D eigenvalue weighted by Gasteiger charge is 2.11. The highest BCUT2D eigenvalue weighted by molar-refractivity contribution is 5.20. The summed E-state index contributed by atoms with van der Waals surface area (Å²) in [5.41, 5.74) is 7.95. The van der Waals surface area contributed by atoms with Crippen molar-refractivity contribution in [2.75, 3.05) is 7.11 Å². The van der Waals surface area contributed by atoms with Crippen molar-refractivity contribution in [3.05, 3.63) is 23.4 Å². The standard InChI is InChI=1S/C9H15NO/c1-7-3-5-8(10)9(11-2)6-4-7/h3,5,9H,4,6,10H2,1-2H3. The van der Waals surface area contributed by atoms with Crippen molar-refractivity contribution in [1.29, 1.82) is 0 Å². The van der Waals surface area contributed by atoms with Gasteiger partial charge in [-0.3, -0.25) is 0 Å². The van der Waals surface area contributed by atoms with Crippen molar-refractivity contribution in [2.45, 2.75) is 25.9 Å². The lowest BCUT2D eigenvalue weighted by Gasteiger charge is -2.13. The fourth-order valence-corrected chi connectivity index (χ4v) is 1.21. The summed E-state index contributed by atoms with van der Waals surface area (Å²) in [7, 11) is 1.70. The summed E-state index contributed by atoms with van der Waals surface area (Å²) < 4.78 is 5.21. The van der Waals surface area contributed by atoms with E-state index < -0.39 is 0 Å². The number of ether oxygens (including phenoxy) is 1. The summed E-state index contributed by atoms with van der Waals surface area (Å²) in [6, 6.07) is 0. The molecule has 0 heterocycles. The Morgan fingerprint density at radius 2 is 2.27 bits per heavy atom. The van der Waals surface area contributed by atoms with E-state index >= 15 is 0 Å². The van der Waals surface area contributed by atoms with Gasteiger partial charge < -0.3 is 10.5 Å².